The summed E-state index contributed by atoms with van der Waals surface area (Å²) in [6, 6.07) is 0. The molecule has 1 unspecified atom stereocenters. The van der Waals surface area contributed by atoms with Crippen LogP contribution >= 0.6 is 0 Å². The maximum atomic E-state index is 12.8. The van der Waals surface area contributed by atoms with Crippen molar-refractivity contribution < 1.29 is 28.6 Å². The summed E-state index contributed by atoms with van der Waals surface area (Å²) in [5.41, 5.74) is 0. The molecule has 0 bridgehead atoms. The zero-order valence-corrected chi connectivity index (χ0v) is 50.6. The molecule has 0 saturated carbocycles. The Bertz CT molecular complexity index is 1250. The number of carbonyl (C=O) groups is 3. The Morgan fingerprint density at radius 2 is 0.493 bits per heavy atom. The Labute approximate surface area is 467 Å². The highest BCUT2D eigenvalue weighted by Crippen LogP contribution is 2.18. The van der Waals surface area contributed by atoms with E-state index in [9.17, 15) is 14.4 Å². The highest BCUT2D eigenvalue weighted by atomic mass is 16.6. The Morgan fingerprint density at radius 3 is 0.787 bits per heavy atom. The lowest BCUT2D eigenvalue weighted by molar-refractivity contribution is -0.167. The predicted octanol–water partition coefficient (Wildman–Crippen LogP) is 22.8. The van der Waals surface area contributed by atoms with Gasteiger partial charge < -0.3 is 14.2 Å². The Kier molecular flexibility index (Phi) is 62.1. The lowest BCUT2D eigenvalue weighted by Crippen LogP contribution is -2.30. The molecule has 75 heavy (non-hydrogen) atoms. The second-order valence-electron chi connectivity index (χ2n) is 22.7. The molecule has 0 heterocycles. The SMILES string of the molecule is CCCC/C=C\CCCCCCCC(=O)OCC(COC(=O)CCCCCCCCCCCCCCCCCCCCCCC/C=C\C/C=C\CCCCCCC)OC(=O)CCCCCCCCCCCCCCC. The van der Waals surface area contributed by atoms with Crippen LogP contribution in [-0.2, 0) is 28.6 Å². The predicted molar refractivity (Wildman–Crippen MR) is 326 cm³/mol. The van der Waals surface area contributed by atoms with Crippen molar-refractivity contribution in [2.24, 2.45) is 0 Å². The van der Waals surface area contributed by atoms with Gasteiger partial charge in [0.15, 0.2) is 6.10 Å². The van der Waals surface area contributed by atoms with E-state index in [-0.39, 0.29) is 31.1 Å². The molecule has 0 aliphatic rings. The van der Waals surface area contributed by atoms with Crippen LogP contribution in [-0.4, -0.2) is 37.2 Å². The van der Waals surface area contributed by atoms with Crippen LogP contribution in [0.5, 0.6) is 0 Å². The van der Waals surface area contributed by atoms with Gasteiger partial charge in [0.2, 0.25) is 0 Å². The van der Waals surface area contributed by atoms with E-state index in [1.165, 1.54) is 257 Å². The fraction of sp³-hybridized carbons (Fsp3) is 0.870. The molecule has 1 atom stereocenters. The quantitative estimate of drug-likeness (QED) is 0.0261. The summed E-state index contributed by atoms with van der Waals surface area (Å²) in [6.07, 6.45) is 79.0. The normalized spacial score (nSPS) is 12.2. The Balaban J connectivity index is 4.02. The number of hydrogen-bond donors (Lipinski definition) is 0. The zero-order valence-electron chi connectivity index (χ0n) is 50.6. The summed E-state index contributed by atoms with van der Waals surface area (Å²) in [7, 11) is 0. The molecule has 0 aliphatic heterocycles. The average Bonchev–Trinajstić information content (AvgIpc) is 3.41. The standard InChI is InChI=1S/C69H128O6/c1-4-7-10-13-16-19-22-24-25-26-27-28-29-30-31-32-33-34-35-36-37-38-39-40-41-42-43-45-47-50-53-56-59-62-68(71)74-65-66(64-73-67(70)61-58-55-52-49-46-21-18-15-12-9-6-3)75-69(72)63-60-57-54-51-48-44-23-20-17-14-11-8-5-2/h15,18,22,24,26-27,66H,4-14,16-17,19-21,23,25,28-65H2,1-3H3/b18-15-,24-22-,27-26-. The summed E-state index contributed by atoms with van der Waals surface area (Å²) < 4.78 is 16.9. The van der Waals surface area contributed by atoms with Crippen molar-refractivity contribution in [2.45, 2.75) is 374 Å². The molecule has 0 rings (SSSR count). The van der Waals surface area contributed by atoms with Crippen LogP contribution in [0.3, 0.4) is 0 Å². The molecular formula is C69H128O6. The van der Waals surface area contributed by atoms with Gasteiger partial charge in [-0.1, -0.05) is 314 Å². The van der Waals surface area contributed by atoms with Crippen molar-refractivity contribution in [1.29, 1.82) is 0 Å². The number of esters is 3. The first-order chi connectivity index (χ1) is 37.0. The van der Waals surface area contributed by atoms with Gasteiger partial charge in [0.25, 0.3) is 0 Å². The molecule has 0 aromatic carbocycles. The first-order valence-corrected chi connectivity index (χ1v) is 33.5. The van der Waals surface area contributed by atoms with Crippen LogP contribution in [0.1, 0.15) is 367 Å². The number of ether oxygens (including phenoxy) is 3. The maximum absolute atomic E-state index is 12.8. The minimum Gasteiger partial charge on any atom is -0.462 e. The van der Waals surface area contributed by atoms with Crippen molar-refractivity contribution in [3.05, 3.63) is 36.5 Å². The molecule has 0 N–H and O–H groups in total. The van der Waals surface area contributed by atoms with Crippen LogP contribution < -0.4 is 0 Å². The summed E-state index contributed by atoms with van der Waals surface area (Å²) in [5.74, 6) is -0.856. The van der Waals surface area contributed by atoms with Crippen LogP contribution in [0, 0.1) is 0 Å². The van der Waals surface area contributed by atoms with Crippen LogP contribution in [0.4, 0.5) is 0 Å². The summed E-state index contributed by atoms with van der Waals surface area (Å²) >= 11 is 0. The molecule has 6 heteroatoms. The highest BCUT2D eigenvalue weighted by Gasteiger charge is 2.19. The molecule has 0 aromatic rings. The molecule has 0 saturated heterocycles. The largest absolute Gasteiger partial charge is 0.462 e. The zero-order chi connectivity index (χ0) is 54.3. The fourth-order valence-electron chi connectivity index (χ4n) is 10.0. The van der Waals surface area contributed by atoms with Gasteiger partial charge in [0.1, 0.15) is 13.2 Å². The number of unbranched alkanes of at least 4 members (excludes halogenated alkanes) is 45. The second kappa shape index (κ2) is 64.2. The minimum atomic E-state index is -0.770. The number of carbonyl (C=O) groups excluding carboxylic acids is 3. The van der Waals surface area contributed by atoms with Crippen LogP contribution in [0.15, 0.2) is 36.5 Å². The number of allylic oxidation sites excluding steroid dienone is 6. The van der Waals surface area contributed by atoms with E-state index in [2.05, 4.69) is 57.2 Å². The third-order valence-electron chi connectivity index (χ3n) is 15.1. The van der Waals surface area contributed by atoms with Crippen LogP contribution in [0.2, 0.25) is 0 Å². The van der Waals surface area contributed by atoms with Crippen molar-refractivity contribution in [3.63, 3.8) is 0 Å². The summed E-state index contributed by atoms with van der Waals surface area (Å²) in [5, 5.41) is 0. The summed E-state index contributed by atoms with van der Waals surface area (Å²) in [6.45, 7) is 6.63. The van der Waals surface area contributed by atoms with Crippen LogP contribution in [0.25, 0.3) is 0 Å². The van der Waals surface area contributed by atoms with E-state index in [0.29, 0.717) is 19.3 Å². The number of hydrogen-bond acceptors (Lipinski definition) is 6. The first kappa shape index (κ1) is 72.6. The van der Waals surface area contributed by atoms with E-state index in [1.54, 1.807) is 0 Å². The van der Waals surface area contributed by atoms with E-state index in [4.69, 9.17) is 14.2 Å². The first-order valence-electron chi connectivity index (χ1n) is 33.5. The molecule has 6 nitrogen and oxygen atoms in total. The van der Waals surface area contributed by atoms with E-state index < -0.39 is 6.10 Å². The van der Waals surface area contributed by atoms with Gasteiger partial charge in [-0.15, -0.1) is 0 Å². The van der Waals surface area contributed by atoms with Gasteiger partial charge in [-0.3, -0.25) is 14.4 Å². The van der Waals surface area contributed by atoms with Crippen molar-refractivity contribution >= 4 is 17.9 Å². The van der Waals surface area contributed by atoms with Gasteiger partial charge in [0, 0.05) is 19.3 Å². The highest BCUT2D eigenvalue weighted by molar-refractivity contribution is 5.71. The molecule has 0 aliphatic carbocycles. The van der Waals surface area contributed by atoms with Gasteiger partial charge in [-0.25, -0.2) is 0 Å². The summed E-state index contributed by atoms with van der Waals surface area (Å²) in [4.78, 5) is 38.2. The molecule has 0 radical (unpaired) electrons. The van der Waals surface area contributed by atoms with Crippen molar-refractivity contribution in [1.82, 2.24) is 0 Å². The van der Waals surface area contributed by atoms with E-state index >= 15 is 0 Å². The van der Waals surface area contributed by atoms with E-state index in [1.807, 2.05) is 0 Å². The fourth-order valence-corrected chi connectivity index (χ4v) is 10.0. The maximum Gasteiger partial charge on any atom is 0.306 e. The molecule has 0 fully saturated rings. The second-order valence-corrected chi connectivity index (χ2v) is 22.7. The molecule has 0 amide bonds. The van der Waals surface area contributed by atoms with Gasteiger partial charge >= 0.3 is 17.9 Å². The Morgan fingerprint density at radius 1 is 0.267 bits per heavy atom. The minimum absolute atomic E-state index is 0.0689. The molecule has 440 valence electrons. The topological polar surface area (TPSA) is 78.9 Å². The number of rotatable bonds is 62. The Hall–Kier alpha value is -2.37. The molecular weight excluding hydrogens is 925 g/mol. The monoisotopic (exact) mass is 1050 g/mol. The lowest BCUT2D eigenvalue weighted by Gasteiger charge is -2.18. The molecule has 0 aromatic heterocycles. The van der Waals surface area contributed by atoms with Gasteiger partial charge in [0.05, 0.1) is 0 Å². The van der Waals surface area contributed by atoms with Crippen molar-refractivity contribution in [3.8, 4) is 0 Å². The smallest absolute Gasteiger partial charge is 0.306 e. The van der Waals surface area contributed by atoms with Gasteiger partial charge in [-0.05, 0) is 70.6 Å². The van der Waals surface area contributed by atoms with Crippen molar-refractivity contribution in [2.75, 3.05) is 13.2 Å². The third-order valence-corrected chi connectivity index (χ3v) is 15.1. The lowest BCUT2D eigenvalue weighted by atomic mass is 10.0. The van der Waals surface area contributed by atoms with Gasteiger partial charge in [-0.2, -0.15) is 0 Å². The molecule has 0 spiro atoms. The third kappa shape index (κ3) is 62.4. The van der Waals surface area contributed by atoms with E-state index in [0.717, 1.165) is 70.6 Å². The average molecular weight is 1050 g/mol.